The number of carbonyl (C=O) groups is 1. The number of carboxylic acids is 1. The average Bonchev–Trinajstić information content (AvgIpc) is 3.19. The van der Waals surface area contributed by atoms with Gasteiger partial charge in [-0.25, -0.2) is 4.79 Å². The van der Waals surface area contributed by atoms with Crippen molar-refractivity contribution in [2.75, 3.05) is 11.1 Å². The summed E-state index contributed by atoms with van der Waals surface area (Å²) < 4.78 is 3.35. The number of nitrogens with two attached hydrogens (primary N) is 1. The first-order valence-electron chi connectivity index (χ1n) is 7.34. The van der Waals surface area contributed by atoms with E-state index in [1.807, 2.05) is 36.4 Å². The van der Waals surface area contributed by atoms with Crippen molar-refractivity contribution in [3.05, 3.63) is 65.4 Å². The Labute approximate surface area is 159 Å². The van der Waals surface area contributed by atoms with Crippen molar-refractivity contribution in [3.8, 4) is 0 Å². The molecule has 0 radical (unpaired) electrons. The Morgan fingerprint density at radius 3 is 2.42 bits per heavy atom. The summed E-state index contributed by atoms with van der Waals surface area (Å²) >= 11 is 6.22. The molecular weight excluding hydrogens is 372 g/mol. The van der Waals surface area contributed by atoms with Crippen molar-refractivity contribution in [3.63, 3.8) is 0 Å². The minimum absolute atomic E-state index is 0.00926. The first kappa shape index (κ1) is 19.2. The molecule has 0 amide bonds. The topological polar surface area (TPSA) is 126 Å². The Morgan fingerprint density at radius 2 is 1.88 bits per heavy atom. The van der Waals surface area contributed by atoms with Crippen LogP contribution in [0.1, 0.15) is 16.1 Å². The van der Waals surface area contributed by atoms with Crippen LogP contribution in [-0.4, -0.2) is 30.8 Å². The van der Waals surface area contributed by atoms with Crippen molar-refractivity contribution in [2.45, 2.75) is 6.54 Å². The van der Waals surface area contributed by atoms with E-state index in [2.05, 4.69) is 25.2 Å². The van der Waals surface area contributed by atoms with Gasteiger partial charge in [-0.1, -0.05) is 4.49 Å². The third-order valence-corrected chi connectivity index (χ3v) is 3.70. The highest BCUT2D eigenvalue weighted by molar-refractivity contribution is 7.80. The molecule has 2 aromatic heterocycles. The second kappa shape index (κ2) is 10.0. The zero-order valence-corrected chi connectivity index (χ0v) is 15.1. The molecule has 26 heavy (non-hydrogen) atoms. The fraction of sp³-hybridized carbons (Fsp3) is 0.0625. The van der Waals surface area contributed by atoms with Crippen LogP contribution in [0.15, 0.2) is 54.2 Å². The number of benzene rings is 1. The van der Waals surface area contributed by atoms with E-state index < -0.39 is 5.97 Å². The van der Waals surface area contributed by atoms with Crippen LogP contribution >= 0.6 is 23.8 Å². The summed E-state index contributed by atoms with van der Waals surface area (Å²) in [6, 6.07) is 11.3. The number of thiocarbonyl (C=S) groups is 1. The largest absolute Gasteiger partial charge is 0.476 e. The summed E-state index contributed by atoms with van der Waals surface area (Å²) in [5, 5.41) is 19.6. The van der Waals surface area contributed by atoms with E-state index in [-0.39, 0.29) is 5.69 Å². The van der Waals surface area contributed by atoms with Crippen molar-refractivity contribution in [2.24, 2.45) is 0 Å². The van der Waals surface area contributed by atoms with Gasteiger partial charge in [0.05, 0.1) is 0 Å². The molecular formula is C16H16N6O2S2. The number of aromatic nitrogens is 3. The van der Waals surface area contributed by atoms with Gasteiger partial charge in [0.15, 0.2) is 10.8 Å². The molecule has 0 aliphatic carbocycles. The van der Waals surface area contributed by atoms with Gasteiger partial charge in [-0.15, -0.1) is 5.10 Å². The molecule has 0 saturated carbocycles. The quantitative estimate of drug-likeness (QED) is 0.393. The lowest BCUT2D eigenvalue weighted by molar-refractivity contribution is 0.0690. The van der Waals surface area contributed by atoms with Crippen LogP contribution in [0.5, 0.6) is 0 Å². The summed E-state index contributed by atoms with van der Waals surface area (Å²) in [4.78, 5) is 13.9. The number of aromatic carboxylic acids is 1. The molecule has 10 heteroatoms. The van der Waals surface area contributed by atoms with E-state index in [0.717, 1.165) is 28.5 Å². The van der Waals surface area contributed by atoms with Crippen LogP contribution in [0.25, 0.3) is 0 Å². The second-order valence-electron chi connectivity index (χ2n) is 4.88. The lowest BCUT2D eigenvalue weighted by Crippen LogP contribution is -2.27. The maximum absolute atomic E-state index is 9.97. The molecule has 3 rings (SSSR count). The predicted molar refractivity (Wildman–Crippen MR) is 105 cm³/mol. The smallest absolute Gasteiger partial charge is 0.357 e. The molecule has 3 aromatic rings. The Hall–Kier alpha value is -3.11. The third kappa shape index (κ3) is 6.79. The zero-order chi connectivity index (χ0) is 18.8. The van der Waals surface area contributed by atoms with Crippen LogP contribution in [0.2, 0.25) is 0 Å². The van der Waals surface area contributed by atoms with Gasteiger partial charge >= 0.3 is 5.97 Å². The summed E-state index contributed by atoms with van der Waals surface area (Å²) in [5.74, 6) is -1.03. The highest BCUT2D eigenvalue weighted by Gasteiger charge is 2.02. The van der Waals surface area contributed by atoms with Crippen LogP contribution < -0.4 is 16.4 Å². The highest BCUT2D eigenvalue weighted by atomic mass is 32.1. The SMILES string of the molecule is Nc1ccc(NC(=S)NCc2ccncc2)cc1.O=C(O)c1csnn1. The van der Waals surface area contributed by atoms with Gasteiger partial charge in [0.2, 0.25) is 0 Å². The molecule has 0 spiro atoms. The number of rotatable bonds is 4. The highest BCUT2D eigenvalue weighted by Crippen LogP contribution is 2.10. The predicted octanol–water partition coefficient (Wildman–Crippen LogP) is 2.39. The van der Waals surface area contributed by atoms with E-state index in [9.17, 15) is 4.79 Å². The van der Waals surface area contributed by atoms with Gasteiger partial charge in [0.25, 0.3) is 0 Å². The number of hydrogen-bond donors (Lipinski definition) is 4. The monoisotopic (exact) mass is 388 g/mol. The first-order chi connectivity index (χ1) is 12.5. The van der Waals surface area contributed by atoms with Crippen LogP contribution in [-0.2, 0) is 6.54 Å². The number of nitrogens with zero attached hydrogens (tertiary/aromatic N) is 3. The van der Waals surface area contributed by atoms with E-state index >= 15 is 0 Å². The number of carboxylic acid groups (broad SMARTS) is 1. The molecule has 5 N–H and O–H groups in total. The fourth-order valence-electron chi connectivity index (χ4n) is 1.68. The molecule has 0 fully saturated rings. The molecule has 0 saturated heterocycles. The second-order valence-corrected chi connectivity index (χ2v) is 5.90. The van der Waals surface area contributed by atoms with Crippen LogP contribution in [0.3, 0.4) is 0 Å². The molecule has 8 nitrogen and oxygen atoms in total. The minimum atomic E-state index is -1.03. The number of nitrogens with one attached hydrogen (secondary N) is 2. The van der Waals surface area contributed by atoms with Gasteiger partial charge in [-0.3, -0.25) is 4.98 Å². The molecule has 134 valence electrons. The summed E-state index contributed by atoms with van der Waals surface area (Å²) in [6.45, 7) is 0.670. The average molecular weight is 388 g/mol. The third-order valence-electron chi connectivity index (χ3n) is 2.95. The van der Waals surface area contributed by atoms with E-state index in [1.165, 1.54) is 5.38 Å². The lowest BCUT2D eigenvalue weighted by Gasteiger charge is -2.10. The fourth-order valence-corrected chi connectivity index (χ4v) is 2.30. The van der Waals surface area contributed by atoms with Crippen molar-refractivity contribution in [1.29, 1.82) is 0 Å². The molecule has 0 atom stereocenters. The first-order valence-corrected chi connectivity index (χ1v) is 8.58. The molecule has 0 aliphatic heterocycles. The lowest BCUT2D eigenvalue weighted by atomic mass is 10.3. The molecule has 0 unspecified atom stereocenters. The maximum Gasteiger partial charge on any atom is 0.357 e. The van der Waals surface area contributed by atoms with E-state index in [0.29, 0.717) is 11.7 Å². The summed E-state index contributed by atoms with van der Waals surface area (Å²) in [6.07, 6.45) is 3.51. The van der Waals surface area contributed by atoms with Crippen LogP contribution in [0.4, 0.5) is 11.4 Å². The van der Waals surface area contributed by atoms with Crippen molar-refractivity contribution in [1.82, 2.24) is 19.9 Å². The molecule has 1 aromatic carbocycles. The van der Waals surface area contributed by atoms with Gasteiger partial charge in [0.1, 0.15) is 0 Å². The van der Waals surface area contributed by atoms with Gasteiger partial charge in [0, 0.05) is 35.7 Å². The van der Waals surface area contributed by atoms with Gasteiger partial charge in [-0.2, -0.15) is 0 Å². The Morgan fingerprint density at radius 1 is 1.19 bits per heavy atom. The molecule has 2 heterocycles. The Balaban J connectivity index is 0.000000254. The van der Waals surface area contributed by atoms with Crippen molar-refractivity contribution >= 4 is 46.2 Å². The van der Waals surface area contributed by atoms with Crippen molar-refractivity contribution < 1.29 is 9.90 Å². The number of hydrogen-bond acceptors (Lipinski definition) is 7. The number of nitrogen functional groups attached to an aromatic ring is 1. The zero-order valence-electron chi connectivity index (χ0n) is 13.5. The minimum Gasteiger partial charge on any atom is -0.476 e. The Bertz CT molecular complexity index is 826. The van der Waals surface area contributed by atoms with E-state index in [4.69, 9.17) is 23.1 Å². The van der Waals surface area contributed by atoms with Gasteiger partial charge < -0.3 is 21.5 Å². The number of anilines is 2. The summed E-state index contributed by atoms with van der Waals surface area (Å²) in [5.41, 5.74) is 8.40. The van der Waals surface area contributed by atoms with Crippen LogP contribution in [0, 0.1) is 0 Å². The van der Waals surface area contributed by atoms with E-state index in [1.54, 1.807) is 12.4 Å². The molecule has 0 bridgehead atoms. The standard InChI is InChI=1S/C13H14N4S.C3H2N2O2S/c14-11-1-3-12(4-2-11)17-13(18)16-9-10-5-7-15-8-6-10;6-3(7)2-1-8-5-4-2/h1-8H,9,14H2,(H2,16,17,18);1H,(H,6,7). The maximum atomic E-state index is 9.97. The molecule has 0 aliphatic rings. The Kier molecular flexibility index (Phi) is 7.40. The normalized spacial score (nSPS) is 9.54. The summed E-state index contributed by atoms with van der Waals surface area (Å²) in [7, 11) is 0. The van der Waals surface area contributed by atoms with Gasteiger partial charge in [-0.05, 0) is 65.7 Å². The number of pyridine rings is 1.